The second-order valence-electron chi connectivity index (χ2n) is 7.66. The summed E-state index contributed by atoms with van der Waals surface area (Å²) < 4.78 is 49.5. The lowest BCUT2D eigenvalue weighted by Crippen LogP contribution is -2.37. The molecule has 0 bridgehead atoms. The van der Waals surface area contributed by atoms with Crippen LogP contribution in [-0.2, 0) is 12.7 Å². The lowest BCUT2D eigenvalue weighted by atomic mass is 9.98. The minimum absolute atomic E-state index is 0.187. The van der Waals surface area contributed by atoms with Crippen LogP contribution in [0.15, 0.2) is 83.5 Å². The summed E-state index contributed by atoms with van der Waals surface area (Å²) in [5.74, 6) is 1.43. The van der Waals surface area contributed by atoms with Gasteiger partial charge < -0.3 is 19.4 Å². The number of nitrogens with one attached hydrogen (secondary N) is 1. The van der Waals surface area contributed by atoms with E-state index in [1.165, 1.54) is 12.1 Å². The van der Waals surface area contributed by atoms with Crippen molar-refractivity contribution in [2.24, 2.45) is 0 Å². The van der Waals surface area contributed by atoms with E-state index in [2.05, 4.69) is 11.9 Å². The fraction of sp³-hybridized carbons (Fsp3) is 0.240. The van der Waals surface area contributed by atoms with Gasteiger partial charge in [-0.2, -0.15) is 13.2 Å². The van der Waals surface area contributed by atoms with Gasteiger partial charge in [-0.05, 0) is 79.7 Å². The summed E-state index contributed by atoms with van der Waals surface area (Å²) >= 11 is 5.71. The Hall–Kier alpha value is -3.26. The quantitative estimate of drug-likeness (QED) is 0.276. The number of hydrogen-bond donors (Lipinski definition) is 1. The molecule has 0 amide bonds. The molecular formula is C25H25F3N2O2S. The van der Waals surface area contributed by atoms with Crippen molar-refractivity contribution in [2.75, 3.05) is 12.4 Å². The highest BCUT2D eigenvalue weighted by Gasteiger charge is 2.30. The second-order valence-corrected chi connectivity index (χ2v) is 8.05. The van der Waals surface area contributed by atoms with E-state index in [4.69, 9.17) is 21.4 Å². The lowest BCUT2D eigenvalue weighted by Gasteiger charge is -2.34. The number of alkyl halides is 3. The molecule has 1 N–H and O–H groups in total. The first-order valence-corrected chi connectivity index (χ1v) is 10.6. The summed E-state index contributed by atoms with van der Waals surface area (Å²) in [7, 11) is 1.60. The molecule has 174 valence electrons. The van der Waals surface area contributed by atoms with Gasteiger partial charge in [-0.25, -0.2) is 0 Å². The molecule has 1 aromatic heterocycles. The van der Waals surface area contributed by atoms with Crippen molar-refractivity contribution in [1.29, 1.82) is 0 Å². The number of furan rings is 1. The highest BCUT2D eigenvalue weighted by Crippen LogP contribution is 2.32. The average Bonchev–Trinajstić information content (AvgIpc) is 3.29. The van der Waals surface area contributed by atoms with E-state index in [0.717, 1.165) is 29.0 Å². The molecular weight excluding hydrogens is 449 g/mol. The maximum absolute atomic E-state index is 12.9. The fourth-order valence-corrected chi connectivity index (χ4v) is 3.71. The predicted octanol–water partition coefficient (Wildman–Crippen LogP) is 7.21. The highest BCUT2D eigenvalue weighted by molar-refractivity contribution is 7.80. The van der Waals surface area contributed by atoms with E-state index in [-0.39, 0.29) is 6.04 Å². The maximum atomic E-state index is 12.9. The Kier molecular flexibility index (Phi) is 7.81. The van der Waals surface area contributed by atoms with E-state index >= 15 is 0 Å². The molecule has 0 aliphatic carbocycles. The number of halogens is 3. The Morgan fingerprint density at radius 1 is 1.12 bits per heavy atom. The van der Waals surface area contributed by atoms with Crippen LogP contribution in [0.25, 0.3) is 0 Å². The summed E-state index contributed by atoms with van der Waals surface area (Å²) in [6.07, 6.45) is -2.20. The van der Waals surface area contributed by atoms with Crippen LogP contribution in [0.3, 0.4) is 0 Å². The predicted molar refractivity (Wildman–Crippen MR) is 127 cm³/mol. The number of thiocarbonyl (C=S) groups is 1. The molecule has 1 atom stereocenters. The van der Waals surface area contributed by atoms with Gasteiger partial charge in [0.05, 0.1) is 31.5 Å². The third-order valence-corrected chi connectivity index (χ3v) is 5.39. The Morgan fingerprint density at radius 2 is 1.79 bits per heavy atom. The minimum Gasteiger partial charge on any atom is -0.497 e. The first kappa shape index (κ1) is 24.4. The third kappa shape index (κ3) is 6.61. The Balaban J connectivity index is 1.91. The molecule has 0 aliphatic heterocycles. The molecule has 4 nitrogen and oxygen atoms in total. The minimum atomic E-state index is -4.40. The molecule has 0 radical (unpaired) electrons. The van der Waals surface area contributed by atoms with Crippen molar-refractivity contribution in [3.05, 3.63) is 96.0 Å². The van der Waals surface area contributed by atoms with Gasteiger partial charge >= 0.3 is 6.18 Å². The van der Waals surface area contributed by atoms with Crippen LogP contribution in [0.5, 0.6) is 5.75 Å². The number of nitrogens with zero attached hydrogens (tertiary/aromatic N) is 1. The molecule has 8 heteroatoms. The number of hydrogen-bond acceptors (Lipinski definition) is 3. The number of rotatable bonds is 8. The van der Waals surface area contributed by atoms with Crippen molar-refractivity contribution in [1.82, 2.24) is 4.90 Å². The van der Waals surface area contributed by atoms with E-state index < -0.39 is 11.7 Å². The van der Waals surface area contributed by atoms with Crippen LogP contribution < -0.4 is 10.1 Å². The summed E-state index contributed by atoms with van der Waals surface area (Å²) in [5, 5.41) is 3.43. The SMILES string of the molecule is C=C(C)CC(c1ccc(OC)cc1)N(Cc1ccco1)C(=S)Nc1ccc(C(F)(F)F)cc1. The van der Waals surface area contributed by atoms with Gasteiger partial charge in [-0.3, -0.25) is 0 Å². The summed E-state index contributed by atoms with van der Waals surface area (Å²) in [4.78, 5) is 1.95. The summed E-state index contributed by atoms with van der Waals surface area (Å²) in [5.41, 5.74) is 1.69. The lowest BCUT2D eigenvalue weighted by molar-refractivity contribution is -0.137. The first-order chi connectivity index (χ1) is 15.7. The van der Waals surface area contributed by atoms with Crippen molar-refractivity contribution in [3.8, 4) is 5.75 Å². The summed E-state index contributed by atoms with van der Waals surface area (Å²) in [6, 6.07) is 15.9. The number of benzene rings is 2. The maximum Gasteiger partial charge on any atom is 0.416 e. The van der Waals surface area contributed by atoms with Crippen LogP contribution in [0.2, 0.25) is 0 Å². The standard InChI is InChI=1S/C25H25F3N2O2S/c1-17(2)15-23(18-6-12-21(31-3)13-7-18)30(16-22-5-4-14-32-22)24(33)29-20-10-8-19(9-11-20)25(26,27)28/h4-14,23H,1,15-16H2,2-3H3,(H,29,33). The molecule has 0 saturated heterocycles. The monoisotopic (exact) mass is 474 g/mol. The molecule has 0 spiro atoms. The third-order valence-electron chi connectivity index (χ3n) is 5.05. The Morgan fingerprint density at radius 3 is 2.30 bits per heavy atom. The van der Waals surface area contributed by atoms with Gasteiger partial charge in [0, 0.05) is 5.69 Å². The molecule has 2 aromatic carbocycles. The van der Waals surface area contributed by atoms with Crippen molar-refractivity contribution in [3.63, 3.8) is 0 Å². The normalized spacial score (nSPS) is 12.2. The van der Waals surface area contributed by atoms with Crippen molar-refractivity contribution >= 4 is 23.0 Å². The van der Waals surface area contributed by atoms with E-state index in [1.807, 2.05) is 42.2 Å². The number of ether oxygens (including phenoxy) is 1. The average molecular weight is 475 g/mol. The zero-order valence-corrected chi connectivity index (χ0v) is 19.2. The molecule has 0 aliphatic rings. The van der Waals surface area contributed by atoms with Gasteiger partial charge in [0.2, 0.25) is 0 Å². The largest absolute Gasteiger partial charge is 0.497 e. The number of methoxy groups -OCH3 is 1. The Bertz CT molecular complexity index is 1060. The van der Waals surface area contributed by atoms with Gasteiger partial charge in [0.25, 0.3) is 0 Å². The van der Waals surface area contributed by atoms with Crippen LogP contribution >= 0.6 is 12.2 Å². The van der Waals surface area contributed by atoms with Crippen molar-refractivity contribution in [2.45, 2.75) is 32.1 Å². The second kappa shape index (κ2) is 10.6. The topological polar surface area (TPSA) is 37.6 Å². The smallest absolute Gasteiger partial charge is 0.416 e. The summed E-state index contributed by atoms with van der Waals surface area (Å²) in [6.45, 7) is 6.37. The first-order valence-electron chi connectivity index (χ1n) is 10.2. The van der Waals surface area contributed by atoms with Gasteiger partial charge in [-0.1, -0.05) is 17.7 Å². The molecule has 3 aromatic rings. The Labute approximate surface area is 196 Å². The molecule has 0 saturated carbocycles. The van der Waals surface area contributed by atoms with E-state index in [1.54, 1.807) is 19.4 Å². The highest BCUT2D eigenvalue weighted by atomic mass is 32.1. The molecule has 1 unspecified atom stereocenters. The van der Waals surface area contributed by atoms with Crippen LogP contribution in [0.1, 0.15) is 36.3 Å². The van der Waals surface area contributed by atoms with E-state index in [9.17, 15) is 13.2 Å². The van der Waals surface area contributed by atoms with Crippen LogP contribution in [-0.4, -0.2) is 17.1 Å². The number of anilines is 1. The zero-order valence-electron chi connectivity index (χ0n) is 18.4. The fourth-order valence-electron chi connectivity index (χ4n) is 3.40. The van der Waals surface area contributed by atoms with E-state index in [0.29, 0.717) is 29.5 Å². The zero-order chi connectivity index (χ0) is 24.0. The molecule has 33 heavy (non-hydrogen) atoms. The van der Waals surface area contributed by atoms with Crippen LogP contribution in [0.4, 0.5) is 18.9 Å². The van der Waals surface area contributed by atoms with Crippen molar-refractivity contribution < 1.29 is 22.3 Å². The molecule has 3 rings (SSSR count). The molecule has 0 fully saturated rings. The van der Waals surface area contributed by atoms with Crippen LogP contribution in [0, 0.1) is 0 Å². The van der Waals surface area contributed by atoms with Gasteiger partial charge in [0.1, 0.15) is 11.5 Å². The van der Waals surface area contributed by atoms with Gasteiger partial charge in [0.15, 0.2) is 5.11 Å². The van der Waals surface area contributed by atoms with Gasteiger partial charge in [-0.15, -0.1) is 6.58 Å². The molecule has 1 heterocycles.